The minimum Gasteiger partial charge on any atom is -0.497 e. The van der Waals surface area contributed by atoms with E-state index < -0.39 is 0 Å². The van der Waals surface area contributed by atoms with Crippen LogP contribution >= 0.6 is 0 Å². The Morgan fingerprint density at radius 2 is 2.00 bits per heavy atom. The lowest BCUT2D eigenvalue weighted by Crippen LogP contribution is -2.42. The van der Waals surface area contributed by atoms with E-state index in [1.165, 1.54) is 0 Å². The van der Waals surface area contributed by atoms with Crippen molar-refractivity contribution in [3.63, 3.8) is 0 Å². The number of rotatable bonds is 11. The highest BCUT2D eigenvalue weighted by molar-refractivity contribution is 5.79. The standard InChI is InChI=1S/C20H32N6O3/c1-15(29-18-9-6-8-17(12-18)28-5)13-22-20(21-10-7-11-27-4)23-14-19-25-24-16(2)26(19)3/h6,8-9,12,15H,7,10-11,13-14H2,1-5H3,(H2,21,22,23). The minimum absolute atomic E-state index is 0.0647. The fourth-order valence-electron chi connectivity index (χ4n) is 2.52. The van der Waals surface area contributed by atoms with Gasteiger partial charge in [0.2, 0.25) is 0 Å². The Bertz CT molecular complexity index is 777. The maximum absolute atomic E-state index is 5.96. The number of aromatic nitrogens is 3. The van der Waals surface area contributed by atoms with E-state index in [0.29, 0.717) is 25.7 Å². The zero-order valence-electron chi connectivity index (χ0n) is 17.9. The van der Waals surface area contributed by atoms with Gasteiger partial charge in [0.05, 0.1) is 13.7 Å². The summed E-state index contributed by atoms with van der Waals surface area (Å²) in [6, 6.07) is 7.57. The second-order valence-corrected chi connectivity index (χ2v) is 6.65. The van der Waals surface area contributed by atoms with Crippen molar-refractivity contribution in [2.75, 3.05) is 33.9 Å². The SMILES string of the molecule is COCCCNC(=NCc1nnc(C)n1C)NCC(C)Oc1cccc(OC)c1. The van der Waals surface area contributed by atoms with Gasteiger partial charge in [-0.2, -0.15) is 0 Å². The Labute approximate surface area is 172 Å². The highest BCUT2D eigenvalue weighted by atomic mass is 16.5. The fourth-order valence-corrected chi connectivity index (χ4v) is 2.52. The molecule has 29 heavy (non-hydrogen) atoms. The third-order valence-corrected chi connectivity index (χ3v) is 4.31. The Kier molecular flexibility index (Phi) is 9.23. The molecule has 0 spiro atoms. The summed E-state index contributed by atoms with van der Waals surface area (Å²) >= 11 is 0. The average molecular weight is 405 g/mol. The molecule has 0 amide bonds. The van der Waals surface area contributed by atoms with Crippen LogP contribution in [0.4, 0.5) is 0 Å². The zero-order valence-corrected chi connectivity index (χ0v) is 17.9. The van der Waals surface area contributed by atoms with E-state index >= 15 is 0 Å². The van der Waals surface area contributed by atoms with Crippen LogP contribution in [0, 0.1) is 6.92 Å². The molecule has 0 aliphatic heterocycles. The molecule has 160 valence electrons. The molecule has 1 aromatic carbocycles. The van der Waals surface area contributed by atoms with Gasteiger partial charge in [-0.05, 0) is 32.4 Å². The number of nitrogens with one attached hydrogen (secondary N) is 2. The molecule has 0 aliphatic rings. The van der Waals surface area contributed by atoms with E-state index in [9.17, 15) is 0 Å². The first kappa shape index (κ1) is 22.5. The molecule has 9 nitrogen and oxygen atoms in total. The third kappa shape index (κ3) is 7.61. The lowest BCUT2D eigenvalue weighted by atomic mass is 10.3. The summed E-state index contributed by atoms with van der Waals surface area (Å²) in [7, 11) is 5.27. The Morgan fingerprint density at radius 1 is 1.21 bits per heavy atom. The molecular weight excluding hydrogens is 372 g/mol. The van der Waals surface area contributed by atoms with Crippen LogP contribution in [0.15, 0.2) is 29.3 Å². The van der Waals surface area contributed by atoms with Crippen molar-refractivity contribution in [3.8, 4) is 11.5 Å². The Hall–Kier alpha value is -2.81. The summed E-state index contributed by atoms with van der Waals surface area (Å²) in [4.78, 5) is 4.63. The number of ether oxygens (including phenoxy) is 3. The summed E-state index contributed by atoms with van der Waals surface area (Å²) in [6.07, 6.45) is 0.820. The Balaban J connectivity index is 1.92. The first-order valence-corrected chi connectivity index (χ1v) is 9.70. The highest BCUT2D eigenvalue weighted by Crippen LogP contribution is 2.19. The number of methoxy groups -OCH3 is 2. The molecule has 0 saturated carbocycles. The van der Waals surface area contributed by atoms with Crippen LogP contribution in [0.1, 0.15) is 25.0 Å². The topological polar surface area (TPSA) is 94.8 Å². The molecule has 0 bridgehead atoms. The van der Waals surface area contributed by atoms with Crippen LogP contribution in [-0.4, -0.2) is 60.7 Å². The molecule has 0 radical (unpaired) electrons. The number of nitrogens with zero attached hydrogens (tertiary/aromatic N) is 4. The van der Waals surface area contributed by atoms with Crippen LogP contribution < -0.4 is 20.1 Å². The van der Waals surface area contributed by atoms with Gasteiger partial charge in [-0.15, -0.1) is 10.2 Å². The van der Waals surface area contributed by atoms with Crippen molar-refractivity contribution in [1.82, 2.24) is 25.4 Å². The summed E-state index contributed by atoms with van der Waals surface area (Å²) < 4.78 is 18.2. The molecule has 9 heteroatoms. The number of hydrogen-bond donors (Lipinski definition) is 2. The first-order valence-electron chi connectivity index (χ1n) is 9.70. The van der Waals surface area contributed by atoms with E-state index in [1.807, 2.05) is 49.7 Å². The second kappa shape index (κ2) is 11.9. The predicted molar refractivity (Wildman–Crippen MR) is 112 cm³/mol. The maximum Gasteiger partial charge on any atom is 0.191 e. The summed E-state index contributed by atoms with van der Waals surface area (Å²) in [5.41, 5.74) is 0. The van der Waals surface area contributed by atoms with Crippen molar-refractivity contribution >= 4 is 5.96 Å². The van der Waals surface area contributed by atoms with E-state index in [4.69, 9.17) is 14.2 Å². The van der Waals surface area contributed by atoms with E-state index in [2.05, 4.69) is 25.8 Å². The smallest absolute Gasteiger partial charge is 0.191 e. The van der Waals surface area contributed by atoms with Gasteiger partial charge >= 0.3 is 0 Å². The number of guanidine groups is 1. The minimum atomic E-state index is -0.0647. The zero-order chi connectivity index (χ0) is 21.1. The monoisotopic (exact) mass is 404 g/mol. The number of aliphatic imine (C=N–C) groups is 1. The van der Waals surface area contributed by atoms with Gasteiger partial charge < -0.3 is 29.4 Å². The van der Waals surface area contributed by atoms with Gasteiger partial charge in [0.1, 0.15) is 30.0 Å². The van der Waals surface area contributed by atoms with Gasteiger partial charge in [0, 0.05) is 33.4 Å². The van der Waals surface area contributed by atoms with Crippen LogP contribution in [0.5, 0.6) is 11.5 Å². The molecule has 1 aromatic heterocycles. The van der Waals surface area contributed by atoms with Gasteiger partial charge in [0.15, 0.2) is 11.8 Å². The van der Waals surface area contributed by atoms with Crippen LogP contribution in [0.25, 0.3) is 0 Å². The maximum atomic E-state index is 5.96. The fraction of sp³-hybridized carbons (Fsp3) is 0.550. The van der Waals surface area contributed by atoms with Crippen molar-refractivity contribution in [1.29, 1.82) is 0 Å². The van der Waals surface area contributed by atoms with Crippen molar-refractivity contribution < 1.29 is 14.2 Å². The predicted octanol–water partition coefficient (Wildman–Crippen LogP) is 1.67. The number of benzene rings is 1. The third-order valence-electron chi connectivity index (χ3n) is 4.31. The van der Waals surface area contributed by atoms with Gasteiger partial charge in [-0.25, -0.2) is 4.99 Å². The molecular formula is C20H32N6O3. The molecule has 1 atom stereocenters. The van der Waals surface area contributed by atoms with Crippen LogP contribution in [-0.2, 0) is 18.3 Å². The van der Waals surface area contributed by atoms with E-state index in [1.54, 1.807) is 14.2 Å². The van der Waals surface area contributed by atoms with E-state index in [0.717, 1.165) is 36.1 Å². The molecule has 2 N–H and O–H groups in total. The first-order chi connectivity index (χ1) is 14.0. The Morgan fingerprint density at radius 3 is 2.69 bits per heavy atom. The molecule has 2 rings (SSSR count). The molecule has 0 aliphatic carbocycles. The van der Waals surface area contributed by atoms with Gasteiger partial charge in [-0.1, -0.05) is 6.07 Å². The lowest BCUT2D eigenvalue weighted by Gasteiger charge is -2.18. The number of aryl methyl sites for hydroxylation is 1. The molecule has 0 saturated heterocycles. The van der Waals surface area contributed by atoms with Crippen molar-refractivity contribution in [2.24, 2.45) is 12.0 Å². The van der Waals surface area contributed by atoms with Crippen molar-refractivity contribution in [3.05, 3.63) is 35.9 Å². The quantitative estimate of drug-likeness (QED) is 0.334. The van der Waals surface area contributed by atoms with Crippen molar-refractivity contribution in [2.45, 2.75) is 32.9 Å². The number of hydrogen-bond acceptors (Lipinski definition) is 6. The van der Waals surface area contributed by atoms with E-state index in [-0.39, 0.29) is 6.10 Å². The molecule has 0 fully saturated rings. The molecule has 1 heterocycles. The van der Waals surface area contributed by atoms with Gasteiger partial charge in [-0.3, -0.25) is 0 Å². The molecule has 1 unspecified atom stereocenters. The van der Waals surface area contributed by atoms with Gasteiger partial charge in [0.25, 0.3) is 0 Å². The summed E-state index contributed by atoms with van der Waals surface area (Å²) in [5, 5.41) is 14.9. The molecule has 2 aromatic rings. The summed E-state index contributed by atoms with van der Waals surface area (Å²) in [6.45, 7) is 6.38. The largest absolute Gasteiger partial charge is 0.497 e. The summed E-state index contributed by atoms with van der Waals surface area (Å²) in [5.74, 6) is 3.89. The highest BCUT2D eigenvalue weighted by Gasteiger charge is 2.08. The second-order valence-electron chi connectivity index (χ2n) is 6.65. The average Bonchev–Trinajstić information content (AvgIpc) is 3.04. The van der Waals surface area contributed by atoms with Crippen LogP contribution in [0.2, 0.25) is 0 Å². The normalized spacial score (nSPS) is 12.5. The van der Waals surface area contributed by atoms with Crippen LogP contribution in [0.3, 0.4) is 0 Å². The lowest BCUT2D eigenvalue weighted by molar-refractivity contribution is 0.195.